The molecule has 0 bridgehead atoms. The third-order valence-corrected chi connectivity index (χ3v) is 5.16. The lowest BCUT2D eigenvalue weighted by Gasteiger charge is -2.21. The molecular weight excluding hydrogens is 382 g/mol. The second kappa shape index (κ2) is 7.94. The molecule has 2 heterocycles. The van der Waals surface area contributed by atoms with E-state index in [1.54, 1.807) is 42.8 Å². The van der Waals surface area contributed by atoms with E-state index in [1.807, 2.05) is 30.3 Å². The summed E-state index contributed by atoms with van der Waals surface area (Å²) >= 11 is 0. The van der Waals surface area contributed by atoms with Crippen molar-refractivity contribution in [3.05, 3.63) is 77.6 Å². The molecule has 1 aliphatic heterocycles. The molecule has 0 saturated carbocycles. The number of fused-ring (bicyclic) bond motifs is 1. The summed E-state index contributed by atoms with van der Waals surface area (Å²) in [4.78, 5) is 40.0. The fourth-order valence-corrected chi connectivity index (χ4v) is 3.52. The van der Waals surface area contributed by atoms with E-state index < -0.39 is 17.9 Å². The van der Waals surface area contributed by atoms with Gasteiger partial charge in [-0.1, -0.05) is 37.3 Å². The number of hydrogen-bond donors (Lipinski definition) is 0. The van der Waals surface area contributed by atoms with Crippen LogP contribution in [-0.2, 0) is 4.79 Å². The fraction of sp³-hybridized carbons (Fsp3) is 0.217. The Labute approximate surface area is 173 Å². The van der Waals surface area contributed by atoms with Gasteiger partial charge in [0.2, 0.25) is 0 Å². The van der Waals surface area contributed by atoms with Crippen molar-refractivity contribution < 1.29 is 19.1 Å². The molecule has 0 radical (unpaired) electrons. The number of imide groups is 1. The summed E-state index contributed by atoms with van der Waals surface area (Å²) in [5.74, 6) is -1.05. The zero-order valence-corrected chi connectivity index (χ0v) is 16.7. The van der Waals surface area contributed by atoms with E-state index in [4.69, 9.17) is 4.74 Å². The van der Waals surface area contributed by atoms with Crippen molar-refractivity contribution in [3.63, 3.8) is 0 Å². The Kier molecular flexibility index (Phi) is 5.18. The minimum Gasteiger partial charge on any atom is -0.480 e. The maximum absolute atomic E-state index is 13.0. The summed E-state index contributed by atoms with van der Waals surface area (Å²) in [7, 11) is 0. The maximum Gasteiger partial charge on any atom is 0.270 e. The van der Waals surface area contributed by atoms with Gasteiger partial charge in [-0.25, -0.2) is 4.68 Å². The first kappa shape index (κ1) is 19.6. The molecule has 1 aromatic heterocycles. The molecule has 2 aromatic carbocycles. The van der Waals surface area contributed by atoms with Gasteiger partial charge < -0.3 is 4.74 Å². The van der Waals surface area contributed by atoms with Crippen LogP contribution in [0.3, 0.4) is 0 Å². The number of carbonyl (C=O) groups excluding carboxylic acids is 3. The van der Waals surface area contributed by atoms with Crippen LogP contribution in [0.15, 0.2) is 60.8 Å². The maximum atomic E-state index is 13.0. The topological polar surface area (TPSA) is 81.5 Å². The summed E-state index contributed by atoms with van der Waals surface area (Å²) in [6.07, 6.45) is 1.04. The fourth-order valence-electron chi connectivity index (χ4n) is 3.52. The zero-order chi connectivity index (χ0) is 21.3. The Morgan fingerprint density at radius 2 is 1.77 bits per heavy atom. The quantitative estimate of drug-likeness (QED) is 0.483. The van der Waals surface area contributed by atoms with Crippen LogP contribution in [-0.4, -0.2) is 44.9 Å². The molecule has 4 rings (SSSR count). The van der Waals surface area contributed by atoms with Crippen LogP contribution >= 0.6 is 0 Å². The van der Waals surface area contributed by atoms with Gasteiger partial charge >= 0.3 is 0 Å². The highest BCUT2D eigenvalue weighted by Crippen LogP contribution is 2.27. The number of aromatic nitrogens is 2. The molecular formula is C23H21N3O4. The number of Topliss-reactive ketones (excluding diaryl/α,β-unsaturated/α-hetero) is 1. The van der Waals surface area contributed by atoms with E-state index in [9.17, 15) is 14.4 Å². The van der Waals surface area contributed by atoms with Crippen LogP contribution in [0.1, 0.15) is 39.8 Å². The van der Waals surface area contributed by atoms with Crippen LogP contribution < -0.4 is 4.74 Å². The van der Waals surface area contributed by atoms with Crippen molar-refractivity contribution in [2.45, 2.75) is 26.4 Å². The highest BCUT2D eigenvalue weighted by molar-refractivity contribution is 6.12. The van der Waals surface area contributed by atoms with E-state index in [1.165, 1.54) is 6.20 Å². The average Bonchev–Trinajstić information content (AvgIpc) is 3.12. The van der Waals surface area contributed by atoms with E-state index in [0.717, 1.165) is 10.6 Å². The summed E-state index contributed by atoms with van der Waals surface area (Å²) in [5.41, 5.74) is 2.10. The van der Waals surface area contributed by atoms with Crippen LogP contribution in [0.25, 0.3) is 5.69 Å². The SMILES string of the molecule is CCC1Oc2ccccc2C(=O)N(CC(=O)c2cnn(-c3ccccc3)c2C)C1=O. The van der Waals surface area contributed by atoms with E-state index in [-0.39, 0.29) is 17.9 Å². The van der Waals surface area contributed by atoms with E-state index in [2.05, 4.69) is 5.10 Å². The summed E-state index contributed by atoms with van der Waals surface area (Å²) < 4.78 is 7.41. The minimum atomic E-state index is -0.821. The first-order valence-electron chi connectivity index (χ1n) is 9.76. The number of ketones is 1. The Balaban J connectivity index is 1.65. The molecule has 1 unspecified atom stereocenters. The standard InChI is InChI=1S/C23H21N3O4/c1-3-20-23(29)25(22(28)17-11-7-8-12-21(17)30-20)14-19(27)18-13-24-26(15(18)2)16-9-5-4-6-10-16/h4-13,20H,3,14H2,1-2H3. The predicted molar refractivity (Wildman–Crippen MR) is 110 cm³/mol. The van der Waals surface area contributed by atoms with Crippen LogP contribution in [0.2, 0.25) is 0 Å². The molecule has 1 aliphatic rings. The number of rotatable bonds is 5. The van der Waals surface area contributed by atoms with Crippen molar-refractivity contribution >= 4 is 17.6 Å². The minimum absolute atomic E-state index is 0.270. The monoisotopic (exact) mass is 403 g/mol. The number of nitrogens with zero attached hydrogens (tertiary/aromatic N) is 3. The number of carbonyl (C=O) groups is 3. The number of benzene rings is 2. The number of para-hydroxylation sites is 2. The number of amides is 2. The summed E-state index contributed by atoms with van der Waals surface area (Å²) in [6, 6.07) is 16.1. The predicted octanol–water partition coefficient (Wildman–Crippen LogP) is 3.20. The van der Waals surface area contributed by atoms with Gasteiger partial charge in [0.1, 0.15) is 5.75 Å². The van der Waals surface area contributed by atoms with Gasteiger partial charge in [-0.2, -0.15) is 5.10 Å². The van der Waals surface area contributed by atoms with Crippen molar-refractivity contribution in [2.24, 2.45) is 0 Å². The number of hydrogen-bond acceptors (Lipinski definition) is 5. The zero-order valence-electron chi connectivity index (χ0n) is 16.7. The molecule has 0 fully saturated rings. The first-order chi connectivity index (χ1) is 14.5. The molecule has 0 spiro atoms. The highest BCUT2D eigenvalue weighted by atomic mass is 16.5. The third-order valence-electron chi connectivity index (χ3n) is 5.16. The molecule has 0 N–H and O–H groups in total. The molecule has 7 heteroatoms. The van der Waals surface area contributed by atoms with Gasteiger partial charge in [-0.3, -0.25) is 19.3 Å². The molecule has 0 aliphatic carbocycles. The summed E-state index contributed by atoms with van der Waals surface area (Å²) in [6.45, 7) is 3.22. The Morgan fingerprint density at radius 1 is 1.07 bits per heavy atom. The average molecular weight is 403 g/mol. The lowest BCUT2D eigenvalue weighted by atomic mass is 10.1. The lowest BCUT2D eigenvalue weighted by Crippen LogP contribution is -2.45. The van der Waals surface area contributed by atoms with Crippen molar-refractivity contribution in [2.75, 3.05) is 6.54 Å². The summed E-state index contributed by atoms with van der Waals surface area (Å²) in [5, 5.41) is 4.31. The van der Waals surface area contributed by atoms with E-state index in [0.29, 0.717) is 23.4 Å². The second-order valence-electron chi connectivity index (χ2n) is 7.05. The second-order valence-corrected chi connectivity index (χ2v) is 7.05. The third kappa shape index (κ3) is 3.39. The molecule has 1 atom stereocenters. The highest BCUT2D eigenvalue weighted by Gasteiger charge is 2.37. The Hall–Kier alpha value is -3.74. The largest absolute Gasteiger partial charge is 0.480 e. The molecule has 0 saturated heterocycles. The number of ether oxygens (including phenoxy) is 1. The smallest absolute Gasteiger partial charge is 0.270 e. The van der Waals surface area contributed by atoms with Gasteiger partial charge in [0, 0.05) is 0 Å². The molecule has 3 aromatic rings. The van der Waals surface area contributed by atoms with Gasteiger partial charge in [0.15, 0.2) is 11.9 Å². The van der Waals surface area contributed by atoms with Crippen LogP contribution in [0.5, 0.6) is 5.75 Å². The van der Waals surface area contributed by atoms with Crippen molar-refractivity contribution in [3.8, 4) is 11.4 Å². The van der Waals surface area contributed by atoms with Gasteiger partial charge in [0.25, 0.3) is 11.8 Å². The van der Waals surface area contributed by atoms with Gasteiger partial charge in [-0.15, -0.1) is 0 Å². The molecule has 7 nitrogen and oxygen atoms in total. The molecule has 30 heavy (non-hydrogen) atoms. The molecule has 2 amide bonds. The molecule has 152 valence electrons. The normalized spacial score (nSPS) is 16.1. The Morgan fingerprint density at radius 3 is 2.50 bits per heavy atom. The van der Waals surface area contributed by atoms with Crippen molar-refractivity contribution in [1.82, 2.24) is 14.7 Å². The Bertz CT molecular complexity index is 1120. The van der Waals surface area contributed by atoms with Crippen molar-refractivity contribution in [1.29, 1.82) is 0 Å². The first-order valence-corrected chi connectivity index (χ1v) is 9.76. The van der Waals surface area contributed by atoms with Gasteiger partial charge in [0.05, 0.1) is 35.2 Å². The van der Waals surface area contributed by atoms with E-state index >= 15 is 0 Å². The van der Waals surface area contributed by atoms with Crippen LogP contribution in [0, 0.1) is 6.92 Å². The lowest BCUT2D eigenvalue weighted by molar-refractivity contribution is -0.135. The van der Waals surface area contributed by atoms with Crippen LogP contribution in [0.4, 0.5) is 0 Å². The van der Waals surface area contributed by atoms with Gasteiger partial charge in [-0.05, 0) is 37.6 Å².